The monoisotopic (exact) mass is 374 g/mol. The van der Waals surface area contributed by atoms with Crippen LogP contribution in [0.15, 0.2) is 58.3 Å². The van der Waals surface area contributed by atoms with Gasteiger partial charge in [-0.1, -0.05) is 18.2 Å². The Bertz CT molecular complexity index is 1140. The van der Waals surface area contributed by atoms with E-state index in [1.165, 1.54) is 27.8 Å². The zero-order valence-electron chi connectivity index (χ0n) is 14.7. The van der Waals surface area contributed by atoms with E-state index in [0.29, 0.717) is 5.84 Å². The van der Waals surface area contributed by atoms with Gasteiger partial charge >= 0.3 is 0 Å². The fourth-order valence-electron chi connectivity index (χ4n) is 3.42. The van der Waals surface area contributed by atoms with Gasteiger partial charge in [-0.15, -0.1) is 10.6 Å². The number of aromatic amines is 1. The first-order chi connectivity index (χ1) is 13.3. The number of benzene rings is 1. The van der Waals surface area contributed by atoms with Crippen molar-refractivity contribution in [1.82, 2.24) is 26.5 Å². The molecule has 0 spiro atoms. The largest absolute Gasteiger partial charge is 0.354 e. The van der Waals surface area contributed by atoms with E-state index in [2.05, 4.69) is 74.6 Å². The molecule has 5 rings (SSSR count). The molecule has 4 aromatic rings. The number of hydrogen-bond acceptors (Lipinski definition) is 6. The highest BCUT2D eigenvalue weighted by atomic mass is 32.1. The second kappa shape index (κ2) is 6.53. The van der Waals surface area contributed by atoms with Crippen molar-refractivity contribution in [1.29, 1.82) is 0 Å². The highest BCUT2D eigenvalue weighted by Crippen LogP contribution is 2.33. The summed E-state index contributed by atoms with van der Waals surface area (Å²) in [4.78, 5) is 8.41. The number of pyridine rings is 1. The maximum atomic E-state index is 4.79. The van der Waals surface area contributed by atoms with E-state index in [9.17, 15) is 0 Å². The van der Waals surface area contributed by atoms with Crippen LogP contribution < -0.4 is 16.5 Å². The molecule has 1 aliphatic heterocycles. The van der Waals surface area contributed by atoms with E-state index in [1.807, 2.05) is 12.1 Å². The molecular weight excluding hydrogens is 356 g/mol. The first-order valence-electron chi connectivity index (χ1n) is 8.72. The third kappa shape index (κ3) is 2.97. The standard InChI is InChI=1S/C20H18N6S/c1-12-5-6-15-16(19(22-18(15)9-12)13-7-8-27-11-13)10-14-3-2-4-17(21-14)20-23-25-26-24-20/h2-9,11,22,25-26H,10H2,1H3,(H,23,24). The molecule has 0 unspecified atom stereocenters. The van der Waals surface area contributed by atoms with Gasteiger partial charge in [0.1, 0.15) is 5.69 Å². The van der Waals surface area contributed by atoms with Gasteiger partial charge in [-0.25, -0.2) is 10.5 Å². The van der Waals surface area contributed by atoms with E-state index in [-0.39, 0.29) is 0 Å². The van der Waals surface area contributed by atoms with Gasteiger partial charge < -0.3 is 4.98 Å². The Morgan fingerprint density at radius 2 is 2.07 bits per heavy atom. The number of amidine groups is 1. The number of hydrazine groups is 2. The summed E-state index contributed by atoms with van der Waals surface area (Å²) in [6.45, 7) is 2.12. The van der Waals surface area contributed by atoms with Crippen LogP contribution in [0.3, 0.4) is 0 Å². The number of fused-ring (bicyclic) bond motifs is 1. The van der Waals surface area contributed by atoms with Crippen molar-refractivity contribution in [3.8, 4) is 11.3 Å². The number of hydrogen-bond donors (Lipinski definition) is 4. The number of nitrogens with zero attached hydrogens (tertiary/aromatic N) is 2. The van der Waals surface area contributed by atoms with Crippen molar-refractivity contribution >= 4 is 28.1 Å². The molecule has 0 saturated carbocycles. The van der Waals surface area contributed by atoms with Gasteiger partial charge in [-0.2, -0.15) is 11.3 Å². The van der Waals surface area contributed by atoms with Gasteiger partial charge in [0, 0.05) is 34.0 Å². The lowest BCUT2D eigenvalue weighted by atomic mass is 10.0. The molecule has 0 bridgehead atoms. The third-order valence-electron chi connectivity index (χ3n) is 4.68. The van der Waals surface area contributed by atoms with Crippen LogP contribution >= 0.6 is 11.3 Å². The smallest absolute Gasteiger partial charge is 0.189 e. The zero-order valence-corrected chi connectivity index (χ0v) is 15.5. The Morgan fingerprint density at radius 1 is 1.11 bits per heavy atom. The SMILES string of the molecule is Cc1ccc2c(Cc3cccc(C4=NNNN4)n3)c(-c3ccsc3)[nH]c2c1. The Kier molecular flexibility index (Phi) is 3.88. The summed E-state index contributed by atoms with van der Waals surface area (Å²) in [7, 11) is 0. The summed E-state index contributed by atoms with van der Waals surface area (Å²) in [5, 5.41) is 9.67. The van der Waals surface area contributed by atoms with Crippen molar-refractivity contribution in [3.63, 3.8) is 0 Å². The molecule has 1 aromatic carbocycles. The molecule has 1 aliphatic rings. The molecule has 7 heteroatoms. The van der Waals surface area contributed by atoms with Crippen LogP contribution in [0.25, 0.3) is 22.2 Å². The summed E-state index contributed by atoms with van der Waals surface area (Å²) in [5.41, 5.74) is 16.2. The molecule has 4 N–H and O–H groups in total. The van der Waals surface area contributed by atoms with Crippen LogP contribution in [0.1, 0.15) is 22.5 Å². The molecule has 134 valence electrons. The molecule has 3 aromatic heterocycles. The molecule has 0 atom stereocenters. The van der Waals surface area contributed by atoms with Crippen molar-refractivity contribution in [3.05, 3.63) is 75.7 Å². The van der Waals surface area contributed by atoms with E-state index >= 15 is 0 Å². The summed E-state index contributed by atoms with van der Waals surface area (Å²) >= 11 is 1.71. The average molecular weight is 374 g/mol. The molecule has 27 heavy (non-hydrogen) atoms. The molecule has 4 heterocycles. The highest BCUT2D eigenvalue weighted by Gasteiger charge is 2.16. The maximum Gasteiger partial charge on any atom is 0.189 e. The quantitative estimate of drug-likeness (QED) is 0.441. The number of aromatic nitrogens is 2. The normalized spacial score (nSPS) is 13.4. The zero-order chi connectivity index (χ0) is 18.2. The van der Waals surface area contributed by atoms with E-state index in [0.717, 1.165) is 23.3 Å². The summed E-state index contributed by atoms with van der Waals surface area (Å²) in [6, 6.07) is 14.7. The van der Waals surface area contributed by atoms with Crippen LogP contribution in [0.2, 0.25) is 0 Å². The number of nitrogens with one attached hydrogen (secondary N) is 4. The predicted octanol–water partition coefficient (Wildman–Crippen LogP) is 3.46. The Morgan fingerprint density at radius 3 is 2.89 bits per heavy atom. The minimum atomic E-state index is 0.685. The Hall–Kier alpha value is -3.16. The van der Waals surface area contributed by atoms with Crippen LogP contribution in [-0.2, 0) is 6.42 Å². The van der Waals surface area contributed by atoms with Gasteiger partial charge in [-0.05, 0) is 47.7 Å². The predicted molar refractivity (Wildman–Crippen MR) is 109 cm³/mol. The molecular formula is C20H18N6S. The summed E-state index contributed by atoms with van der Waals surface area (Å²) in [6.07, 6.45) is 0.746. The number of H-pyrrole nitrogens is 1. The molecule has 0 saturated heterocycles. The van der Waals surface area contributed by atoms with Gasteiger partial charge in [0.15, 0.2) is 5.84 Å². The van der Waals surface area contributed by atoms with Crippen molar-refractivity contribution in [2.75, 3.05) is 0 Å². The van der Waals surface area contributed by atoms with E-state index in [1.54, 1.807) is 11.3 Å². The molecule has 0 radical (unpaired) electrons. The first-order valence-corrected chi connectivity index (χ1v) is 9.66. The highest BCUT2D eigenvalue weighted by molar-refractivity contribution is 7.08. The van der Waals surface area contributed by atoms with Gasteiger partial charge in [0.05, 0.1) is 5.69 Å². The van der Waals surface area contributed by atoms with Crippen molar-refractivity contribution < 1.29 is 0 Å². The number of rotatable bonds is 4. The first kappa shape index (κ1) is 16.0. The van der Waals surface area contributed by atoms with Crippen LogP contribution in [-0.4, -0.2) is 15.8 Å². The van der Waals surface area contributed by atoms with Crippen LogP contribution in [0, 0.1) is 6.92 Å². The van der Waals surface area contributed by atoms with E-state index < -0.39 is 0 Å². The van der Waals surface area contributed by atoms with Crippen molar-refractivity contribution in [2.45, 2.75) is 13.3 Å². The van der Waals surface area contributed by atoms with Crippen molar-refractivity contribution in [2.24, 2.45) is 5.10 Å². The fourth-order valence-corrected chi connectivity index (χ4v) is 4.06. The van der Waals surface area contributed by atoms with Gasteiger partial charge in [-0.3, -0.25) is 5.43 Å². The summed E-state index contributed by atoms with van der Waals surface area (Å²) in [5.74, 6) is 0.685. The van der Waals surface area contributed by atoms with Crippen LogP contribution in [0.5, 0.6) is 0 Å². The van der Waals surface area contributed by atoms with Gasteiger partial charge in [0.25, 0.3) is 0 Å². The molecule has 0 fully saturated rings. The second-order valence-electron chi connectivity index (χ2n) is 6.55. The lowest BCUT2D eigenvalue weighted by Gasteiger charge is -2.06. The van der Waals surface area contributed by atoms with Crippen LogP contribution in [0.4, 0.5) is 0 Å². The summed E-state index contributed by atoms with van der Waals surface area (Å²) < 4.78 is 0. The molecule has 6 nitrogen and oxygen atoms in total. The second-order valence-corrected chi connectivity index (χ2v) is 7.33. The lowest BCUT2D eigenvalue weighted by Crippen LogP contribution is -2.35. The number of hydrazone groups is 1. The minimum absolute atomic E-state index is 0.685. The lowest BCUT2D eigenvalue weighted by molar-refractivity contribution is 0.577. The Labute approximate surface area is 160 Å². The minimum Gasteiger partial charge on any atom is -0.354 e. The Balaban J connectivity index is 1.60. The number of thiophene rings is 1. The average Bonchev–Trinajstić information content (AvgIpc) is 3.43. The van der Waals surface area contributed by atoms with E-state index in [4.69, 9.17) is 4.98 Å². The maximum absolute atomic E-state index is 4.79. The third-order valence-corrected chi connectivity index (χ3v) is 5.37. The molecule has 0 aliphatic carbocycles. The fraction of sp³-hybridized carbons (Fsp3) is 0.100. The topological polar surface area (TPSA) is 77.1 Å². The molecule has 0 amide bonds. The number of aryl methyl sites for hydroxylation is 1. The van der Waals surface area contributed by atoms with Gasteiger partial charge in [0.2, 0.25) is 0 Å².